The highest BCUT2D eigenvalue weighted by Crippen LogP contribution is 2.25. The molecule has 0 radical (unpaired) electrons. The first-order valence-electron chi connectivity index (χ1n) is 10.2. The molecule has 6 nitrogen and oxygen atoms in total. The molecule has 0 aliphatic heterocycles. The molecule has 0 bridgehead atoms. The molecule has 2 amide bonds. The quantitative estimate of drug-likeness (QED) is 0.640. The average Bonchev–Trinajstić information content (AvgIpc) is 2.56. The van der Waals surface area contributed by atoms with E-state index in [1.807, 2.05) is 69.8 Å². The van der Waals surface area contributed by atoms with Crippen molar-refractivity contribution in [2.24, 2.45) is 11.8 Å². The molecule has 0 saturated heterocycles. The van der Waals surface area contributed by atoms with Gasteiger partial charge in [-0.1, -0.05) is 27.7 Å². The smallest absolute Gasteiger partial charge is 0.225 e. The van der Waals surface area contributed by atoms with Crippen molar-refractivity contribution >= 4 is 23.2 Å². The zero-order valence-corrected chi connectivity index (χ0v) is 18.9. The van der Waals surface area contributed by atoms with Crippen LogP contribution in [0.5, 0.6) is 0 Å². The van der Waals surface area contributed by atoms with Crippen molar-refractivity contribution in [2.75, 3.05) is 51.5 Å². The second-order valence-electron chi connectivity index (χ2n) is 8.76. The minimum atomic E-state index is -0.0473. The lowest BCUT2D eigenvalue weighted by molar-refractivity contribution is -0.857. The molecule has 0 saturated carbocycles. The molecule has 0 aromatic heterocycles. The maximum atomic E-state index is 12.8. The number of carbonyl (C=O) groups is 2. The normalized spacial score (nSPS) is 11.2. The van der Waals surface area contributed by atoms with Crippen molar-refractivity contribution < 1.29 is 14.5 Å². The Kier molecular flexibility index (Phi) is 9.46. The van der Waals surface area contributed by atoms with E-state index in [4.69, 9.17) is 0 Å². The highest BCUT2D eigenvalue weighted by Gasteiger charge is 2.20. The van der Waals surface area contributed by atoms with Crippen molar-refractivity contribution in [1.29, 1.82) is 0 Å². The second-order valence-corrected chi connectivity index (χ2v) is 8.76. The van der Waals surface area contributed by atoms with Gasteiger partial charge in [0.25, 0.3) is 0 Å². The van der Waals surface area contributed by atoms with Gasteiger partial charge in [-0.3, -0.25) is 9.59 Å². The van der Waals surface area contributed by atoms with Crippen LogP contribution >= 0.6 is 0 Å². The summed E-state index contributed by atoms with van der Waals surface area (Å²) < 4.78 is 0. The molecular weight excluding hydrogens is 352 g/mol. The Balaban J connectivity index is 3.12. The van der Waals surface area contributed by atoms with E-state index < -0.39 is 0 Å². The van der Waals surface area contributed by atoms with Crippen LogP contribution in [0.2, 0.25) is 0 Å². The maximum Gasteiger partial charge on any atom is 0.225 e. The van der Waals surface area contributed by atoms with Gasteiger partial charge in [-0.25, -0.2) is 0 Å². The minimum Gasteiger partial charge on any atom is -0.377 e. The van der Waals surface area contributed by atoms with Gasteiger partial charge in [-0.05, 0) is 29.7 Å². The number of likely N-dealkylation sites (N-methyl/N-ethyl adjacent to an activating group) is 1. The van der Waals surface area contributed by atoms with E-state index in [1.165, 1.54) is 4.90 Å². The SMILES string of the molecule is CC(C)CC(=O)Nc1ccc(N(C)C)c(CN(CC[NH+](C)C)C(=O)C(C)C)c1. The Hall–Kier alpha value is -2.08. The Labute approximate surface area is 170 Å². The van der Waals surface area contributed by atoms with E-state index in [1.54, 1.807) is 0 Å². The molecule has 158 valence electrons. The van der Waals surface area contributed by atoms with E-state index >= 15 is 0 Å². The van der Waals surface area contributed by atoms with Crippen molar-refractivity contribution in [3.8, 4) is 0 Å². The van der Waals surface area contributed by atoms with Crippen molar-refractivity contribution in [2.45, 2.75) is 40.7 Å². The summed E-state index contributed by atoms with van der Waals surface area (Å²) in [6.07, 6.45) is 0.494. The maximum absolute atomic E-state index is 12.8. The fourth-order valence-corrected chi connectivity index (χ4v) is 3.01. The van der Waals surface area contributed by atoms with Crippen LogP contribution in [0, 0.1) is 11.8 Å². The molecule has 6 heteroatoms. The monoisotopic (exact) mass is 391 g/mol. The van der Waals surface area contributed by atoms with E-state index in [2.05, 4.69) is 19.4 Å². The summed E-state index contributed by atoms with van der Waals surface area (Å²) in [7, 11) is 8.17. The zero-order valence-electron chi connectivity index (χ0n) is 18.9. The first-order chi connectivity index (χ1) is 13.0. The number of amides is 2. The fourth-order valence-electron chi connectivity index (χ4n) is 3.01. The lowest BCUT2D eigenvalue weighted by atomic mass is 10.1. The molecule has 0 aliphatic carbocycles. The Morgan fingerprint density at radius 1 is 1.11 bits per heavy atom. The number of nitrogens with zero attached hydrogens (tertiary/aromatic N) is 2. The lowest BCUT2D eigenvalue weighted by Crippen LogP contribution is -3.06. The van der Waals surface area contributed by atoms with Gasteiger partial charge in [0.05, 0.1) is 27.2 Å². The molecule has 0 unspecified atom stereocenters. The van der Waals surface area contributed by atoms with Gasteiger partial charge in [0, 0.05) is 44.4 Å². The summed E-state index contributed by atoms with van der Waals surface area (Å²) in [6, 6.07) is 5.93. The van der Waals surface area contributed by atoms with Gasteiger partial charge >= 0.3 is 0 Å². The predicted octanol–water partition coefficient (Wildman–Crippen LogP) is 1.87. The standard InChI is InChI=1S/C22H38N4O2/c1-16(2)13-21(27)23-19-9-10-20(25(7)8)18(14-19)15-26(12-11-24(5)6)22(28)17(3)4/h9-10,14,16-17H,11-13,15H2,1-8H3,(H,23,27)/p+1. The largest absolute Gasteiger partial charge is 0.377 e. The second kappa shape index (κ2) is 11.1. The number of carbonyl (C=O) groups excluding carboxylic acids is 2. The van der Waals surface area contributed by atoms with E-state index in [-0.39, 0.29) is 17.7 Å². The van der Waals surface area contributed by atoms with Crippen molar-refractivity contribution in [3.63, 3.8) is 0 Å². The third-order valence-corrected chi connectivity index (χ3v) is 4.49. The van der Waals surface area contributed by atoms with Crippen LogP contribution in [0.3, 0.4) is 0 Å². The number of rotatable bonds is 10. The molecule has 1 aromatic rings. The summed E-state index contributed by atoms with van der Waals surface area (Å²) in [5.74, 6) is 0.437. The van der Waals surface area contributed by atoms with E-state index in [0.717, 1.165) is 23.5 Å². The van der Waals surface area contributed by atoms with Crippen LogP contribution in [-0.4, -0.2) is 58.0 Å². The van der Waals surface area contributed by atoms with Gasteiger partial charge < -0.3 is 20.0 Å². The minimum absolute atomic E-state index is 0.0184. The highest BCUT2D eigenvalue weighted by atomic mass is 16.2. The van der Waals surface area contributed by atoms with Crippen LogP contribution in [0.15, 0.2) is 18.2 Å². The molecule has 0 aliphatic rings. The van der Waals surface area contributed by atoms with Gasteiger partial charge in [0.2, 0.25) is 11.8 Å². The van der Waals surface area contributed by atoms with Gasteiger partial charge in [0.1, 0.15) is 0 Å². The molecule has 0 spiro atoms. The highest BCUT2D eigenvalue weighted by molar-refractivity contribution is 5.91. The summed E-state index contributed by atoms with van der Waals surface area (Å²) in [5.41, 5.74) is 2.87. The van der Waals surface area contributed by atoms with Gasteiger partial charge in [0.15, 0.2) is 0 Å². The topological polar surface area (TPSA) is 57.1 Å². The van der Waals surface area contributed by atoms with Crippen LogP contribution in [-0.2, 0) is 16.1 Å². The molecule has 28 heavy (non-hydrogen) atoms. The summed E-state index contributed by atoms with van der Waals surface area (Å²) in [5, 5.41) is 2.99. The number of quaternary nitrogens is 1. The van der Waals surface area contributed by atoms with Gasteiger partial charge in [-0.15, -0.1) is 0 Å². The molecule has 0 heterocycles. The summed E-state index contributed by atoms with van der Waals surface area (Å²) in [4.78, 5) is 30.2. The van der Waals surface area contributed by atoms with E-state index in [9.17, 15) is 9.59 Å². The number of benzene rings is 1. The van der Waals surface area contributed by atoms with Crippen LogP contribution < -0.4 is 15.1 Å². The Morgan fingerprint density at radius 3 is 2.25 bits per heavy atom. The lowest BCUT2D eigenvalue weighted by Gasteiger charge is -2.28. The van der Waals surface area contributed by atoms with Crippen LogP contribution in [0.25, 0.3) is 0 Å². The molecule has 2 N–H and O–H groups in total. The predicted molar refractivity (Wildman–Crippen MR) is 117 cm³/mol. The van der Waals surface area contributed by atoms with Crippen LogP contribution in [0.1, 0.15) is 39.7 Å². The number of anilines is 2. The number of nitrogens with one attached hydrogen (secondary N) is 2. The Bertz CT molecular complexity index is 654. The molecule has 0 atom stereocenters. The molecule has 0 fully saturated rings. The van der Waals surface area contributed by atoms with Crippen molar-refractivity contribution in [3.05, 3.63) is 23.8 Å². The third kappa shape index (κ3) is 7.89. The molecular formula is C22H39N4O2+. The molecule has 1 rings (SSSR count). The Morgan fingerprint density at radius 2 is 1.75 bits per heavy atom. The summed E-state index contributed by atoms with van der Waals surface area (Å²) in [6.45, 7) is 10.1. The van der Waals surface area contributed by atoms with Gasteiger partial charge in [-0.2, -0.15) is 0 Å². The van der Waals surface area contributed by atoms with E-state index in [0.29, 0.717) is 25.4 Å². The first kappa shape index (κ1) is 24.0. The molecule has 1 aromatic carbocycles. The fraction of sp³-hybridized carbons (Fsp3) is 0.636. The number of hydrogen-bond donors (Lipinski definition) is 2. The average molecular weight is 392 g/mol. The summed E-state index contributed by atoms with van der Waals surface area (Å²) >= 11 is 0. The number of hydrogen-bond acceptors (Lipinski definition) is 3. The zero-order chi connectivity index (χ0) is 21.4. The first-order valence-corrected chi connectivity index (χ1v) is 10.2. The van der Waals surface area contributed by atoms with Crippen LogP contribution in [0.4, 0.5) is 11.4 Å². The van der Waals surface area contributed by atoms with Crippen molar-refractivity contribution in [1.82, 2.24) is 4.90 Å². The third-order valence-electron chi connectivity index (χ3n) is 4.49.